The van der Waals surface area contributed by atoms with Crippen LogP contribution in [-0.2, 0) is 9.53 Å². The summed E-state index contributed by atoms with van der Waals surface area (Å²) in [5.74, 6) is -0.169. The van der Waals surface area contributed by atoms with Crippen LogP contribution < -0.4 is 11.1 Å². The van der Waals surface area contributed by atoms with Crippen molar-refractivity contribution in [3.05, 3.63) is 0 Å². The van der Waals surface area contributed by atoms with Gasteiger partial charge in [0.1, 0.15) is 5.60 Å². The molecule has 0 aromatic rings. The highest BCUT2D eigenvalue weighted by atomic mass is 16.6. The van der Waals surface area contributed by atoms with E-state index >= 15 is 0 Å². The van der Waals surface area contributed by atoms with Crippen molar-refractivity contribution in [1.82, 2.24) is 10.2 Å². The lowest BCUT2D eigenvalue weighted by Crippen LogP contribution is -2.57. The first kappa shape index (κ1) is 18.7. The van der Waals surface area contributed by atoms with Crippen LogP contribution >= 0.6 is 0 Å². The quantitative estimate of drug-likeness (QED) is 0.831. The van der Waals surface area contributed by atoms with Crippen LogP contribution in [0, 0.1) is 0 Å². The van der Waals surface area contributed by atoms with Crippen molar-refractivity contribution in [2.24, 2.45) is 5.73 Å². The SMILES string of the molecule is CCN(C(=O)OC(C)(C)C)[C@H]1CCCC[C@@H]1NC(=O)[C@H](C)N. The van der Waals surface area contributed by atoms with Crippen molar-refractivity contribution in [3.63, 3.8) is 0 Å². The Hall–Kier alpha value is -1.30. The molecule has 3 atom stereocenters. The van der Waals surface area contributed by atoms with Gasteiger partial charge in [-0.25, -0.2) is 4.79 Å². The van der Waals surface area contributed by atoms with E-state index < -0.39 is 11.6 Å². The van der Waals surface area contributed by atoms with Crippen LogP contribution in [0.5, 0.6) is 0 Å². The van der Waals surface area contributed by atoms with Crippen molar-refractivity contribution >= 4 is 12.0 Å². The maximum Gasteiger partial charge on any atom is 0.410 e. The molecule has 128 valence electrons. The number of hydrogen-bond acceptors (Lipinski definition) is 4. The Labute approximate surface area is 133 Å². The molecule has 1 aliphatic rings. The monoisotopic (exact) mass is 313 g/mol. The topological polar surface area (TPSA) is 84.7 Å². The largest absolute Gasteiger partial charge is 0.444 e. The minimum atomic E-state index is -0.542. The number of nitrogens with one attached hydrogen (secondary N) is 1. The Bertz CT molecular complexity index is 391. The minimum absolute atomic E-state index is 0.0312. The van der Waals surface area contributed by atoms with Crippen LogP contribution in [0.25, 0.3) is 0 Å². The summed E-state index contributed by atoms with van der Waals surface area (Å²) in [7, 11) is 0. The van der Waals surface area contributed by atoms with E-state index in [4.69, 9.17) is 10.5 Å². The molecule has 2 amide bonds. The summed E-state index contributed by atoms with van der Waals surface area (Å²) in [5.41, 5.74) is 5.11. The van der Waals surface area contributed by atoms with Crippen LogP contribution in [0.4, 0.5) is 4.79 Å². The van der Waals surface area contributed by atoms with E-state index in [1.54, 1.807) is 11.8 Å². The van der Waals surface area contributed by atoms with Crippen molar-refractivity contribution in [2.45, 2.75) is 84.0 Å². The average Bonchev–Trinajstić information content (AvgIpc) is 2.39. The van der Waals surface area contributed by atoms with E-state index in [9.17, 15) is 9.59 Å². The molecular formula is C16H31N3O3. The highest BCUT2D eigenvalue weighted by molar-refractivity contribution is 5.81. The van der Waals surface area contributed by atoms with Crippen molar-refractivity contribution in [3.8, 4) is 0 Å². The molecule has 1 fully saturated rings. The van der Waals surface area contributed by atoms with E-state index in [2.05, 4.69) is 5.32 Å². The molecule has 3 N–H and O–H groups in total. The van der Waals surface area contributed by atoms with Gasteiger partial charge < -0.3 is 20.7 Å². The lowest BCUT2D eigenvalue weighted by atomic mass is 9.89. The van der Waals surface area contributed by atoms with E-state index in [1.165, 1.54) is 0 Å². The molecule has 0 radical (unpaired) electrons. The Morgan fingerprint density at radius 3 is 2.41 bits per heavy atom. The van der Waals surface area contributed by atoms with Gasteiger partial charge >= 0.3 is 6.09 Å². The zero-order valence-electron chi connectivity index (χ0n) is 14.5. The fraction of sp³-hybridized carbons (Fsp3) is 0.875. The first-order valence-corrected chi connectivity index (χ1v) is 8.21. The van der Waals surface area contributed by atoms with Crippen molar-refractivity contribution in [2.75, 3.05) is 6.54 Å². The molecule has 22 heavy (non-hydrogen) atoms. The Morgan fingerprint density at radius 2 is 1.91 bits per heavy atom. The van der Waals surface area contributed by atoms with E-state index in [1.807, 2.05) is 27.7 Å². The number of hydrogen-bond donors (Lipinski definition) is 2. The lowest BCUT2D eigenvalue weighted by Gasteiger charge is -2.40. The Morgan fingerprint density at radius 1 is 1.32 bits per heavy atom. The normalized spacial score (nSPS) is 23.5. The molecule has 6 nitrogen and oxygen atoms in total. The molecule has 0 aliphatic heterocycles. The first-order valence-electron chi connectivity index (χ1n) is 8.21. The second kappa shape index (κ2) is 7.81. The summed E-state index contributed by atoms with van der Waals surface area (Å²) >= 11 is 0. The summed E-state index contributed by atoms with van der Waals surface area (Å²) in [6.07, 6.45) is 3.52. The molecule has 0 aromatic heterocycles. The van der Waals surface area contributed by atoms with Gasteiger partial charge in [0.2, 0.25) is 5.91 Å². The number of amides is 2. The number of nitrogens with two attached hydrogens (primary N) is 1. The highest BCUT2D eigenvalue weighted by Gasteiger charge is 2.35. The number of carbonyl (C=O) groups is 2. The predicted molar refractivity (Wildman–Crippen MR) is 86.5 cm³/mol. The summed E-state index contributed by atoms with van der Waals surface area (Å²) in [5, 5.41) is 2.99. The van der Waals surface area contributed by atoms with Gasteiger partial charge in [-0.15, -0.1) is 0 Å². The molecule has 0 heterocycles. The molecule has 6 heteroatoms. The number of rotatable bonds is 4. The standard InChI is InChI=1S/C16H31N3O3/c1-6-19(15(21)22-16(3,4)5)13-10-8-7-9-12(13)18-14(20)11(2)17/h11-13H,6-10,17H2,1-5H3,(H,18,20)/t11-,12-,13-/m0/s1. The van der Waals surface area contributed by atoms with Gasteiger partial charge in [0.25, 0.3) is 0 Å². The van der Waals surface area contributed by atoms with Crippen molar-refractivity contribution < 1.29 is 14.3 Å². The van der Waals surface area contributed by atoms with Gasteiger partial charge in [-0.2, -0.15) is 0 Å². The number of likely N-dealkylation sites (N-methyl/N-ethyl adjacent to an activating group) is 1. The third kappa shape index (κ3) is 5.48. The van der Waals surface area contributed by atoms with Gasteiger partial charge in [0, 0.05) is 12.6 Å². The summed E-state index contributed by atoms with van der Waals surface area (Å²) in [4.78, 5) is 26.0. The average molecular weight is 313 g/mol. The molecule has 0 saturated heterocycles. The van der Waals surface area contributed by atoms with Crippen LogP contribution in [0.3, 0.4) is 0 Å². The third-order valence-electron chi connectivity index (χ3n) is 3.84. The Kier molecular flexibility index (Phi) is 6.66. The van der Waals surface area contributed by atoms with E-state index in [0.29, 0.717) is 6.54 Å². The molecule has 1 rings (SSSR count). The molecule has 0 aromatic carbocycles. The number of carbonyl (C=O) groups excluding carboxylic acids is 2. The predicted octanol–water partition coefficient (Wildman–Crippen LogP) is 2.02. The van der Waals surface area contributed by atoms with Gasteiger partial charge in [-0.05, 0) is 47.5 Å². The van der Waals surface area contributed by atoms with Crippen molar-refractivity contribution in [1.29, 1.82) is 0 Å². The van der Waals surface area contributed by atoms with Crippen LogP contribution in [0.2, 0.25) is 0 Å². The number of ether oxygens (including phenoxy) is 1. The zero-order chi connectivity index (χ0) is 16.9. The fourth-order valence-corrected chi connectivity index (χ4v) is 2.79. The summed E-state index contributed by atoms with van der Waals surface area (Å²) < 4.78 is 5.49. The van der Waals surface area contributed by atoms with Gasteiger partial charge in [-0.3, -0.25) is 4.79 Å². The minimum Gasteiger partial charge on any atom is -0.444 e. The van der Waals surface area contributed by atoms with Crippen LogP contribution in [0.1, 0.15) is 60.3 Å². The molecule has 0 bridgehead atoms. The molecule has 0 unspecified atom stereocenters. The maximum absolute atomic E-state index is 12.4. The molecule has 1 saturated carbocycles. The summed E-state index contributed by atoms with van der Waals surface area (Å²) in [6.45, 7) is 9.73. The zero-order valence-corrected chi connectivity index (χ0v) is 14.5. The van der Waals surface area contributed by atoms with E-state index in [0.717, 1.165) is 25.7 Å². The van der Waals surface area contributed by atoms with Gasteiger partial charge in [0.15, 0.2) is 0 Å². The van der Waals surface area contributed by atoms with Crippen LogP contribution in [-0.4, -0.2) is 47.2 Å². The highest BCUT2D eigenvalue weighted by Crippen LogP contribution is 2.25. The molecule has 0 spiro atoms. The number of nitrogens with zero attached hydrogens (tertiary/aromatic N) is 1. The second-order valence-corrected chi connectivity index (χ2v) is 7.02. The smallest absolute Gasteiger partial charge is 0.410 e. The Balaban J connectivity index is 2.81. The molecule has 1 aliphatic carbocycles. The van der Waals surface area contributed by atoms with E-state index in [-0.39, 0.29) is 24.1 Å². The van der Waals surface area contributed by atoms with Crippen LogP contribution in [0.15, 0.2) is 0 Å². The summed E-state index contributed by atoms with van der Waals surface area (Å²) in [6, 6.07) is -0.629. The first-order chi connectivity index (χ1) is 10.2. The van der Waals surface area contributed by atoms with Gasteiger partial charge in [-0.1, -0.05) is 12.8 Å². The fourth-order valence-electron chi connectivity index (χ4n) is 2.79. The molecular weight excluding hydrogens is 282 g/mol. The van der Waals surface area contributed by atoms with Gasteiger partial charge in [0.05, 0.1) is 12.1 Å². The lowest BCUT2D eigenvalue weighted by molar-refractivity contribution is -0.123. The third-order valence-corrected chi connectivity index (χ3v) is 3.84. The maximum atomic E-state index is 12.4. The second-order valence-electron chi connectivity index (χ2n) is 7.02.